The van der Waals surface area contributed by atoms with E-state index in [0.29, 0.717) is 14.7 Å². The van der Waals surface area contributed by atoms with Crippen molar-refractivity contribution in [2.75, 3.05) is 0 Å². The fraction of sp³-hybridized carbons (Fsp3) is 0.0556. The number of para-hydroxylation sites is 2. The maximum absolute atomic E-state index is 12.8. The van der Waals surface area contributed by atoms with Crippen molar-refractivity contribution in [3.8, 4) is 0 Å². The van der Waals surface area contributed by atoms with Crippen LogP contribution >= 0.6 is 0 Å². The average Bonchev–Trinajstić information content (AvgIpc) is 2.60. The second kappa shape index (κ2) is 5.88. The quantitative estimate of drug-likeness (QED) is 0.423. The summed E-state index contributed by atoms with van der Waals surface area (Å²) in [7, 11) is 0. The van der Waals surface area contributed by atoms with Gasteiger partial charge in [0.2, 0.25) is 0 Å². The van der Waals surface area contributed by atoms with Crippen LogP contribution in [0.5, 0.6) is 0 Å². The van der Waals surface area contributed by atoms with Gasteiger partial charge in [-0.2, -0.15) is 0 Å². The molecular weight excluding hydrogens is 292 g/mol. The van der Waals surface area contributed by atoms with Gasteiger partial charge in [-0.15, -0.1) is 6.58 Å². The highest BCUT2D eigenvalue weighted by Gasteiger charge is 2.29. The number of carbonyl (C=O) groups excluding carboxylic acids is 1. The summed E-state index contributed by atoms with van der Waals surface area (Å²) in [6.07, 6.45) is 1.63. The Kier molecular flexibility index (Phi) is 3.76. The Morgan fingerprint density at radius 2 is 1.78 bits per heavy atom. The first-order chi connectivity index (χ1) is 11.1. The van der Waals surface area contributed by atoms with Gasteiger partial charge in [0.05, 0.1) is 10.1 Å². The van der Waals surface area contributed by atoms with Crippen LogP contribution in [0, 0.1) is 10.1 Å². The topological polar surface area (TPSA) is 68.0 Å². The molecule has 1 heterocycles. The molecule has 1 aromatic heterocycles. The number of fused-ring (bicyclic) bond motifs is 1. The molecule has 0 radical (unpaired) electrons. The summed E-state index contributed by atoms with van der Waals surface area (Å²) in [6, 6.07) is 14.8. The van der Waals surface area contributed by atoms with E-state index in [-0.39, 0.29) is 28.8 Å². The van der Waals surface area contributed by atoms with Crippen LogP contribution in [0.25, 0.3) is 11.0 Å². The number of hydrogen-bond acceptors (Lipinski definition) is 3. The van der Waals surface area contributed by atoms with Crippen molar-refractivity contribution >= 4 is 16.8 Å². The highest BCUT2D eigenvalue weighted by molar-refractivity contribution is 6.07. The summed E-state index contributed by atoms with van der Waals surface area (Å²) in [4.78, 5) is 25.5. The Morgan fingerprint density at radius 3 is 2.48 bits per heavy atom. The number of carbonyl (C=O) groups is 1. The molecule has 0 amide bonds. The third-order valence-electron chi connectivity index (χ3n) is 3.63. The van der Waals surface area contributed by atoms with Gasteiger partial charge in [-0.25, -0.2) is 0 Å². The van der Waals surface area contributed by atoms with E-state index in [1.165, 1.54) is 12.1 Å². The molecule has 0 aliphatic carbocycles. The van der Waals surface area contributed by atoms with Crippen LogP contribution < -0.4 is 4.43 Å². The first-order valence-corrected chi connectivity index (χ1v) is 7.12. The van der Waals surface area contributed by atoms with E-state index in [1.807, 2.05) is 0 Å². The molecule has 0 fully saturated rings. The molecule has 0 atom stereocenters. The van der Waals surface area contributed by atoms with Crippen molar-refractivity contribution < 1.29 is 9.22 Å². The number of rotatable bonds is 4. The number of nitrogens with zero attached hydrogens (tertiary/aromatic N) is 2. The molecular formula is C18H14N2O3. The molecule has 0 unspecified atom stereocenters. The third kappa shape index (κ3) is 2.42. The van der Waals surface area contributed by atoms with Gasteiger partial charge in [0.15, 0.2) is 0 Å². The molecule has 5 nitrogen and oxygen atoms in total. The SMILES string of the molecule is C=CCc1c(C(=O)c2ccccc2)[n+](=O)c2ccccc2n1[O-]. The average molecular weight is 306 g/mol. The zero-order valence-electron chi connectivity index (χ0n) is 12.3. The zero-order valence-corrected chi connectivity index (χ0v) is 12.3. The van der Waals surface area contributed by atoms with E-state index in [9.17, 15) is 14.9 Å². The summed E-state index contributed by atoms with van der Waals surface area (Å²) in [6.45, 7) is 3.61. The van der Waals surface area contributed by atoms with Gasteiger partial charge in [-0.1, -0.05) is 48.5 Å². The van der Waals surface area contributed by atoms with Crippen LogP contribution in [0.15, 0.2) is 67.3 Å². The highest BCUT2D eigenvalue weighted by atomic mass is 16.5. The summed E-state index contributed by atoms with van der Waals surface area (Å²) >= 11 is 0. The zero-order chi connectivity index (χ0) is 16.4. The Bertz CT molecular complexity index is 959. The highest BCUT2D eigenvalue weighted by Crippen LogP contribution is 2.18. The Hall–Kier alpha value is -3.21. The van der Waals surface area contributed by atoms with Gasteiger partial charge < -0.3 is 9.94 Å². The van der Waals surface area contributed by atoms with Gasteiger partial charge in [0.1, 0.15) is 5.52 Å². The molecule has 3 aromatic rings. The van der Waals surface area contributed by atoms with Crippen LogP contribution in [0.4, 0.5) is 0 Å². The number of benzene rings is 2. The van der Waals surface area contributed by atoms with Crippen molar-refractivity contribution in [1.82, 2.24) is 4.73 Å². The molecule has 2 aromatic carbocycles. The molecule has 0 saturated carbocycles. The van der Waals surface area contributed by atoms with Gasteiger partial charge in [0.25, 0.3) is 11.3 Å². The van der Waals surface area contributed by atoms with E-state index in [0.717, 1.165) is 0 Å². The fourth-order valence-electron chi connectivity index (χ4n) is 2.55. The van der Waals surface area contributed by atoms with Crippen LogP contribution in [0.2, 0.25) is 0 Å². The lowest BCUT2D eigenvalue weighted by Crippen LogP contribution is -2.31. The minimum Gasteiger partial charge on any atom is -0.805 e. The van der Waals surface area contributed by atoms with Gasteiger partial charge in [0, 0.05) is 23.0 Å². The predicted molar refractivity (Wildman–Crippen MR) is 87.8 cm³/mol. The summed E-state index contributed by atoms with van der Waals surface area (Å²) in [5.41, 5.74) is 0.684. The lowest BCUT2D eigenvalue weighted by atomic mass is 10.0. The molecule has 0 aliphatic heterocycles. The van der Waals surface area contributed by atoms with Crippen LogP contribution in [0.3, 0.4) is 0 Å². The second-order valence-corrected chi connectivity index (χ2v) is 5.06. The molecule has 0 bridgehead atoms. The normalized spacial score (nSPS) is 10.6. The molecule has 0 spiro atoms. The Labute approximate surface area is 132 Å². The molecule has 3 rings (SSSR count). The summed E-state index contributed by atoms with van der Waals surface area (Å²) in [5.74, 6) is -0.479. The number of allylic oxidation sites excluding steroid dienone is 1. The molecule has 0 N–H and O–H groups in total. The van der Waals surface area contributed by atoms with Crippen molar-refractivity contribution in [3.05, 3.63) is 94.3 Å². The van der Waals surface area contributed by atoms with Crippen molar-refractivity contribution in [2.24, 2.45) is 0 Å². The third-order valence-corrected chi connectivity index (χ3v) is 3.63. The lowest BCUT2D eigenvalue weighted by Gasteiger charge is -2.17. The number of aromatic nitrogens is 2. The van der Waals surface area contributed by atoms with E-state index >= 15 is 0 Å². The molecule has 5 heteroatoms. The van der Waals surface area contributed by atoms with Crippen molar-refractivity contribution in [2.45, 2.75) is 6.42 Å². The van der Waals surface area contributed by atoms with Crippen molar-refractivity contribution in [3.63, 3.8) is 0 Å². The van der Waals surface area contributed by atoms with Gasteiger partial charge in [-0.3, -0.25) is 4.79 Å². The molecule has 114 valence electrons. The minimum atomic E-state index is -0.479. The molecule has 23 heavy (non-hydrogen) atoms. The Morgan fingerprint density at radius 1 is 1.13 bits per heavy atom. The van der Waals surface area contributed by atoms with Crippen LogP contribution in [0.1, 0.15) is 21.7 Å². The maximum atomic E-state index is 12.8. The first-order valence-electron chi connectivity index (χ1n) is 7.12. The summed E-state index contributed by atoms with van der Waals surface area (Å²) < 4.78 is 1.18. The Balaban J connectivity index is 2.37. The predicted octanol–water partition coefficient (Wildman–Crippen LogP) is 2.86. The monoisotopic (exact) mass is 306 g/mol. The molecule has 0 aliphatic rings. The van der Waals surface area contributed by atoms with Crippen LogP contribution in [-0.4, -0.2) is 10.5 Å². The van der Waals surface area contributed by atoms with Crippen molar-refractivity contribution in [1.29, 1.82) is 0 Å². The van der Waals surface area contributed by atoms with E-state index < -0.39 is 5.78 Å². The number of ketones is 1. The van der Waals surface area contributed by atoms with E-state index in [4.69, 9.17) is 0 Å². The first kappa shape index (κ1) is 14.7. The minimum absolute atomic E-state index is 0.0996. The second-order valence-electron chi connectivity index (χ2n) is 5.06. The smallest absolute Gasteiger partial charge is 0.330 e. The van der Waals surface area contributed by atoms with E-state index in [1.54, 1.807) is 48.5 Å². The van der Waals surface area contributed by atoms with E-state index in [2.05, 4.69) is 6.58 Å². The van der Waals surface area contributed by atoms with Crippen LogP contribution in [-0.2, 0) is 6.42 Å². The largest absolute Gasteiger partial charge is 0.805 e. The maximum Gasteiger partial charge on any atom is 0.330 e. The molecule has 0 saturated heterocycles. The van der Waals surface area contributed by atoms with Gasteiger partial charge in [-0.05, 0) is 6.07 Å². The standard InChI is InChI=1S/C18H14N2O3/c1-2-8-16-17(18(21)13-9-4-3-5-10-13)20(23)15-12-7-6-11-14(15)19(16)22/h2-7,9-12H,1,8H2. The fourth-order valence-corrected chi connectivity index (χ4v) is 2.55. The lowest BCUT2D eigenvalue weighted by molar-refractivity contribution is -0.468. The van der Waals surface area contributed by atoms with Gasteiger partial charge >= 0.3 is 5.69 Å². The number of hydrogen-bond donors (Lipinski definition) is 0. The summed E-state index contributed by atoms with van der Waals surface area (Å²) in [5, 5.41) is 12.6.